The van der Waals surface area contributed by atoms with Crippen LogP contribution in [0.25, 0.3) is 5.69 Å². The van der Waals surface area contributed by atoms with E-state index in [1.807, 2.05) is 61.5 Å². The Morgan fingerprint density at radius 1 is 1.15 bits per heavy atom. The number of aliphatic hydroxyl groups is 1. The number of ether oxygens (including phenoxy) is 1. The number of hydrogen-bond donors (Lipinski definition) is 2. The van der Waals surface area contributed by atoms with Crippen LogP contribution in [-0.4, -0.2) is 38.0 Å². The number of halogens is 1. The number of aliphatic hydroxyl groups excluding tert-OH is 1. The van der Waals surface area contributed by atoms with Gasteiger partial charge in [-0.25, -0.2) is 0 Å². The van der Waals surface area contributed by atoms with Gasteiger partial charge in [-0.05, 0) is 46.7 Å². The molecule has 1 heterocycles. The highest BCUT2D eigenvalue weighted by molar-refractivity contribution is 5.34. The molecule has 0 bridgehead atoms. The minimum absolute atomic E-state index is 0. The van der Waals surface area contributed by atoms with Crippen molar-refractivity contribution < 1.29 is 22.3 Å². The van der Waals surface area contributed by atoms with E-state index >= 15 is 0 Å². The van der Waals surface area contributed by atoms with E-state index in [2.05, 4.69) is 20.8 Å². The van der Waals surface area contributed by atoms with E-state index < -0.39 is 0 Å². The van der Waals surface area contributed by atoms with Gasteiger partial charge in [0.2, 0.25) is 0 Å². The maximum Gasteiger partial charge on any atom is 0.345 e. The molecule has 0 fully saturated rings. The Kier molecular flexibility index (Phi) is 7.53. The molecule has 0 radical (unpaired) electrons. The Labute approximate surface area is 158 Å². The Bertz CT molecular complexity index is 793. The number of tetrazole rings is 1. The number of nitrogens with zero attached hydrogens (tertiary/aromatic N) is 4. The van der Waals surface area contributed by atoms with Gasteiger partial charge in [-0.1, -0.05) is 42.4 Å². The lowest BCUT2D eigenvalue weighted by Gasteiger charge is -2.14. The summed E-state index contributed by atoms with van der Waals surface area (Å²) in [6, 6.07) is 17.7. The average Bonchev–Trinajstić information content (AvgIpc) is 3.12. The van der Waals surface area contributed by atoms with Gasteiger partial charge in [0.05, 0.1) is 12.3 Å². The fourth-order valence-corrected chi connectivity index (χ4v) is 2.40. The summed E-state index contributed by atoms with van der Waals surface area (Å²) in [5.74, 6) is 0.656. The molecule has 1 atom stereocenters. The van der Waals surface area contributed by atoms with E-state index in [0.29, 0.717) is 18.3 Å². The summed E-state index contributed by atoms with van der Waals surface area (Å²) in [6.07, 6.45) is 0.874. The van der Waals surface area contributed by atoms with Crippen LogP contribution in [0.15, 0.2) is 54.6 Å². The first-order valence-corrected chi connectivity index (χ1v) is 8.25. The molecule has 1 unspecified atom stereocenters. The Morgan fingerprint density at radius 3 is 2.69 bits per heavy atom. The van der Waals surface area contributed by atoms with Crippen molar-refractivity contribution in [1.29, 1.82) is 0 Å². The predicted molar refractivity (Wildman–Crippen MR) is 93.7 cm³/mol. The lowest BCUT2D eigenvalue weighted by atomic mass is 10.2. The van der Waals surface area contributed by atoms with Gasteiger partial charge in [-0.15, -0.1) is 0 Å². The SMILES string of the molecule is CCC(CO)NCc1cccc(Oc2nnnn2-c2ccccc2)c1.[Cl-]. The number of nitrogens with one attached hydrogen (secondary N) is 1. The van der Waals surface area contributed by atoms with Crippen LogP contribution in [0.1, 0.15) is 18.9 Å². The van der Waals surface area contributed by atoms with E-state index in [1.165, 1.54) is 0 Å². The normalized spacial score (nSPS) is 11.6. The summed E-state index contributed by atoms with van der Waals surface area (Å²) in [6.45, 7) is 2.81. The van der Waals surface area contributed by atoms with Crippen molar-refractivity contribution in [3.63, 3.8) is 0 Å². The second-order valence-electron chi connectivity index (χ2n) is 5.63. The standard InChI is InChI=1S/C18H21N5O2.ClH/c1-2-15(13-24)19-12-14-7-6-10-17(11-14)25-18-20-21-22-23(18)16-8-4-3-5-9-16;/h3-11,15,19,24H,2,12-13H2,1H3;1H/p-1. The van der Waals surface area contributed by atoms with Gasteiger partial charge >= 0.3 is 6.01 Å². The van der Waals surface area contributed by atoms with Crippen LogP contribution in [0.3, 0.4) is 0 Å². The predicted octanol–water partition coefficient (Wildman–Crippen LogP) is -0.681. The lowest BCUT2D eigenvalue weighted by molar-refractivity contribution is -0.00000694. The molecule has 0 spiro atoms. The molecule has 3 rings (SSSR count). The van der Waals surface area contributed by atoms with E-state index in [4.69, 9.17) is 4.74 Å². The van der Waals surface area contributed by atoms with Crippen molar-refractivity contribution in [1.82, 2.24) is 25.5 Å². The van der Waals surface area contributed by atoms with Crippen molar-refractivity contribution in [2.24, 2.45) is 0 Å². The molecular weight excluding hydrogens is 354 g/mol. The van der Waals surface area contributed by atoms with Crippen LogP contribution < -0.4 is 22.5 Å². The Hall–Kier alpha value is -2.48. The largest absolute Gasteiger partial charge is 1.00 e. The minimum Gasteiger partial charge on any atom is -1.00 e. The maximum atomic E-state index is 9.26. The molecule has 2 N–H and O–H groups in total. The Balaban J connectivity index is 0.00000243. The maximum absolute atomic E-state index is 9.26. The molecule has 0 aliphatic rings. The van der Waals surface area contributed by atoms with E-state index in [9.17, 15) is 5.11 Å². The molecule has 0 aliphatic heterocycles. The van der Waals surface area contributed by atoms with Crippen LogP contribution in [0.4, 0.5) is 0 Å². The molecule has 0 saturated heterocycles. The molecule has 7 nitrogen and oxygen atoms in total. The average molecular weight is 375 g/mol. The summed E-state index contributed by atoms with van der Waals surface area (Å²) in [7, 11) is 0. The molecule has 0 saturated carbocycles. The third-order valence-electron chi connectivity index (χ3n) is 3.86. The Morgan fingerprint density at radius 2 is 1.96 bits per heavy atom. The van der Waals surface area contributed by atoms with Crippen molar-refractivity contribution >= 4 is 0 Å². The van der Waals surface area contributed by atoms with Crippen LogP contribution in [0.5, 0.6) is 11.8 Å². The molecule has 1 aromatic heterocycles. The van der Waals surface area contributed by atoms with Crippen LogP contribution in [-0.2, 0) is 6.54 Å². The summed E-state index contributed by atoms with van der Waals surface area (Å²) < 4.78 is 7.40. The van der Waals surface area contributed by atoms with Gasteiger partial charge in [-0.3, -0.25) is 0 Å². The second-order valence-corrected chi connectivity index (χ2v) is 5.63. The van der Waals surface area contributed by atoms with Crippen molar-refractivity contribution in [2.75, 3.05) is 6.61 Å². The van der Waals surface area contributed by atoms with Crippen molar-refractivity contribution in [3.05, 3.63) is 60.2 Å². The van der Waals surface area contributed by atoms with Gasteiger partial charge in [0.1, 0.15) is 5.75 Å². The molecule has 2 aromatic carbocycles. The first-order valence-electron chi connectivity index (χ1n) is 8.25. The summed E-state index contributed by atoms with van der Waals surface area (Å²) in [5.41, 5.74) is 1.89. The summed E-state index contributed by atoms with van der Waals surface area (Å²) in [5, 5.41) is 24.2. The molecule has 138 valence electrons. The van der Waals surface area contributed by atoms with Gasteiger partial charge in [0.15, 0.2) is 0 Å². The first-order chi connectivity index (χ1) is 12.3. The quantitative estimate of drug-likeness (QED) is 0.543. The zero-order valence-electron chi connectivity index (χ0n) is 14.4. The van der Waals surface area contributed by atoms with Crippen molar-refractivity contribution in [3.8, 4) is 17.4 Å². The van der Waals surface area contributed by atoms with Gasteiger partial charge in [-0.2, -0.15) is 4.68 Å². The second kappa shape index (κ2) is 9.86. The van der Waals surface area contributed by atoms with Crippen LogP contribution in [0.2, 0.25) is 0 Å². The minimum atomic E-state index is 0. The molecular formula is C18H21ClN5O2-. The first kappa shape index (κ1) is 19.8. The number of hydrogen-bond acceptors (Lipinski definition) is 6. The van der Waals surface area contributed by atoms with Gasteiger partial charge < -0.3 is 27.6 Å². The fourth-order valence-electron chi connectivity index (χ4n) is 2.40. The zero-order chi connectivity index (χ0) is 17.5. The number of aromatic nitrogens is 4. The molecule has 3 aromatic rings. The number of para-hydroxylation sites is 1. The van der Waals surface area contributed by atoms with Crippen LogP contribution >= 0.6 is 0 Å². The zero-order valence-corrected chi connectivity index (χ0v) is 15.2. The van der Waals surface area contributed by atoms with Crippen molar-refractivity contribution in [2.45, 2.75) is 25.9 Å². The summed E-state index contributed by atoms with van der Waals surface area (Å²) in [4.78, 5) is 0. The molecule has 26 heavy (non-hydrogen) atoms. The van der Waals surface area contributed by atoms with Gasteiger partial charge in [0, 0.05) is 12.6 Å². The molecule has 0 aliphatic carbocycles. The monoisotopic (exact) mass is 374 g/mol. The molecule has 8 heteroatoms. The third-order valence-corrected chi connectivity index (χ3v) is 3.86. The third kappa shape index (κ3) is 5.01. The fraction of sp³-hybridized carbons (Fsp3) is 0.278. The number of rotatable bonds is 8. The highest BCUT2D eigenvalue weighted by Gasteiger charge is 2.11. The van der Waals surface area contributed by atoms with Crippen LogP contribution in [0, 0.1) is 0 Å². The highest BCUT2D eigenvalue weighted by atomic mass is 35.5. The lowest BCUT2D eigenvalue weighted by Crippen LogP contribution is -3.00. The number of benzene rings is 2. The smallest absolute Gasteiger partial charge is 0.345 e. The molecule has 0 amide bonds. The highest BCUT2D eigenvalue weighted by Crippen LogP contribution is 2.22. The van der Waals surface area contributed by atoms with E-state index in [-0.39, 0.29) is 25.1 Å². The topological polar surface area (TPSA) is 85.1 Å². The van der Waals surface area contributed by atoms with E-state index in [0.717, 1.165) is 17.7 Å². The van der Waals surface area contributed by atoms with E-state index in [1.54, 1.807) is 4.68 Å². The summed E-state index contributed by atoms with van der Waals surface area (Å²) >= 11 is 0. The van der Waals surface area contributed by atoms with Gasteiger partial charge in [0.25, 0.3) is 0 Å².